The van der Waals surface area contributed by atoms with Gasteiger partial charge in [-0.2, -0.15) is 0 Å². The lowest BCUT2D eigenvalue weighted by molar-refractivity contribution is -0.127. The Hall–Kier alpha value is -0.660. The van der Waals surface area contributed by atoms with Crippen LogP contribution in [0.25, 0.3) is 0 Å². The predicted octanol–water partition coefficient (Wildman–Crippen LogP) is 1.63. The molecular weight excluding hydrogens is 104 g/mol. The maximum atomic E-state index is 5.09. The maximum Gasteiger partial charge on any atom is 0.246 e. The molecule has 2 nitrogen and oxygen atoms in total. The van der Waals surface area contributed by atoms with Crippen molar-refractivity contribution in [3.8, 4) is 0 Å². The van der Waals surface area contributed by atoms with Gasteiger partial charge in [-0.15, -0.1) is 0 Å². The standard InChI is InChI=1S/C6H10O2/c1-3-6(2)7-4-5-8-6/h4-5H,3H2,1-2H3. The Morgan fingerprint density at radius 1 is 1.38 bits per heavy atom. The molecular formula is C6H10O2. The molecule has 0 aromatic heterocycles. The number of hydrogen-bond donors (Lipinski definition) is 0. The monoisotopic (exact) mass is 114 g/mol. The first-order valence-corrected chi connectivity index (χ1v) is 2.77. The molecule has 1 heterocycles. The van der Waals surface area contributed by atoms with Crippen LogP contribution in [0.1, 0.15) is 20.3 Å². The average Bonchev–Trinajstić information content (AvgIpc) is 2.17. The second-order valence-corrected chi connectivity index (χ2v) is 2.00. The first-order valence-electron chi connectivity index (χ1n) is 2.77. The van der Waals surface area contributed by atoms with Crippen molar-refractivity contribution >= 4 is 0 Å². The third-order valence-corrected chi connectivity index (χ3v) is 1.33. The van der Waals surface area contributed by atoms with E-state index in [0.29, 0.717) is 0 Å². The van der Waals surface area contributed by atoms with Crippen LogP contribution in [0.2, 0.25) is 0 Å². The van der Waals surface area contributed by atoms with Gasteiger partial charge in [-0.3, -0.25) is 0 Å². The van der Waals surface area contributed by atoms with E-state index in [1.165, 1.54) is 0 Å². The lowest BCUT2D eigenvalue weighted by Crippen LogP contribution is -2.23. The summed E-state index contributed by atoms with van der Waals surface area (Å²) in [4.78, 5) is 0. The maximum absolute atomic E-state index is 5.09. The van der Waals surface area contributed by atoms with Crippen LogP contribution in [0.3, 0.4) is 0 Å². The van der Waals surface area contributed by atoms with E-state index in [-0.39, 0.29) is 5.79 Å². The van der Waals surface area contributed by atoms with Crippen molar-refractivity contribution in [3.63, 3.8) is 0 Å². The first kappa shape index (κ1) is 5.48. The summed E-state index contributed by atoms with van der Waals surface area (Å²) in [5.74, 6) is -0.375. The van der Waals surface area contributed by atoms with E-state index in [9.17, 15) is 0 Å². The lowest BCUT2D eigenvalue weighted by atomic mass is 10.2. The molecule has 0 radical (unpaired) electrons. The molecule has 0 N–H and O–H groups in total. The average molecular weight is 114 g/mol. The van der Waals surface area contributed by atoms with Crippen LogP contribution in [-0.4, -0.2) is 5.79 Å². The highest BCUT2D eigenvalue weighted by atomic mass is 16.7. The predicted molar refractivity (Wildman–Crippen MR) is 30.0 cm³/mol. The molecule has 46 valence electrons. The summed E-state index contributed by atoms with van der Waals surface area (Å²) in [6.45, 7) is 3.93. The highest BCUT2D eigenvalue weighted by Gasteiger charge is 2.25. The van der Waals surface area contributed by atoms with Gasteiger partial charge in [0, 0.05) is 13.3 Å². The molecule has 0 aromatic carbocycles. The molecule has 0 fully saturated rings. The van der Waals surface area contributed by atoms with Gasteiger partial charge in [0.15, 0.2) is 0 Å². The molecule has 0 spiro atoms. The molecule has 0 saturated carbocycles. The Kier molecular flexibility index (Phi) is 1.16. The molecule has 0 atom stereocenters. The molecule has 1 rings (SSSR count). The summed E-state index contributed by atoms with van der Waals surface area (Å²) < 4.78 is 10.2. The van der Waals surface area contributed by atoms with Gasteiger partial charge in [0.1, 0.15) is 12.5 Å². The van der Waals surface area contributed by atoms with Gasteiger partial charge in [0.2, 0.25) is 5.79 Å². The van der Waals surface area contributed by atoms with Crippen LogP contribution in [0.15, 0.2) is 12.5 Å². The first-order chi connectivity index (χ1) is 3.77. The van der Waals surface area contributed by atoms with Gasteiger partial charge in [0.05, 0.1) is 0 Å². The van der Waals surface area contributed by atoms with Crippen LogP contribution in [-0.2, 0) is 9.47 Å². The fourth-order valence-corrected chi connectivity index (χ4v) is 0.538. The highest BCUT2D eigenvalue weighted by molar-refractivity contribution is 4.78. The van der Waals surface area contributed by atoms with Crippen LogP contribution < -0.4 is 0 Å². The molecule has 0 aliphatic carbocycles. The molecule has 0 saturated heterocycles. The number of hydrogen-bond acceptors (Lipinski definition) is 2. The smallest absolute Gasteiger partial charge is 0.246 e. The fourth-order valence-electron chi connectivity index (χ4n) is 0.538. The van der Waals surface area contributed by atoms with Crippen molar-refractivity contribution in [3.05, 3.63) is 12.5 Å². The SMILES string of the molecule is CCC1(C)OC=CO1. The fraction of sp³-hybridized carbons (Fsp3) is 0.667. The van der Waals surface area contributed by atoms with Gasteiger partial charge in [0.25, 0.3) is 0 Å². The zero-order valence-electron chi connectivity index (χ0n) is 5.18. The van der Waals surface area contributed by atoms with E-state index in [0.717, 1.165) is 6.42 Å². The zero-order valence-corrected chi connectivity index (χ0v) is 5.18. The third kappa shape index (κ3) is 0.782. The Morgan fingerprint density at radius 3 is 2.12 bits per heavy atom. The van der Waals surface area contributed by atoms with Gasteiger partial charge in [-0.1, -0.05) is 6.92 Å². The summed E-state index contributed by atoms with van der Waals surface area (Å²) in [5, 5.41) is 0. The van der Waals surface area contributed by atoms with E-state index in [2.05, 4.69) is 0 Å². The van der Waals surface area contributed by atoms with E-state index in [1.54, 1.807) is 12.5 Å². The summed E-state index contributed by atoms with van der Waals surface area (Å²) in [6.07, 6.45) is 4.02. The molecule has 2 heteroatoms. The minimum Gasteiger partial charge on any atom is -0.457 e. The van der Waals surface area contributed by atoms with Crippen molar-refractivity contribution in [2.45, 2.75) is 26.1 Å². The molecule has 0 bridgehead atoms. The second-order valence-electron chi connectivity index (χ2n) is 2.00. The van der Waals surface area contributed by atoms with Crippen LogP contribution in [0.5, 0.6) is 0 Å². The zero-order chi connectivity index (χ0) is 6.04. The van der Waals surface area contributed by atoms with E-state index in [4.69, 9.17) is 9.47 Å². The van der Waals surface area contributed by atoms with Crippen molar-refractivity contribution < 1.29 is 9.47 Å². The van der Waals surface area contributed by atoms with E-state index >= 15 is 0 Å². The molecule has 0 aromatic rings. The van der Waals surface area contributed by atoms with Gasteiger partial charge in [-0.25, -0.2) is 0 Å². The molecule has 1 aliphatic rings. The highest BCUT2D eigenvalue weighted by Crippen LogP contribution is 2.21. The van der Waals surface area contributed by atoms with Gasteiger partial charge < -0.3 is 9.47 Å². The number of rotatable bonds is 1. The third-order valence-electron chi connectivity index (χ3n) is 1.33. The normalized spacial score (nSPS) is 22.2. The van der Waals surface area contributed by atoms with Gasteiger partial charge in [-0.05, 0) is 0 Å². The largest absolute Gasteiger partial charge is 0.457 e. The lowest BCUT2D eigenvalue weighted by Gasteiger charge is -2.20. The quantitative estimate of drug-likeness (QED) is 0.515. The van der Waals surface area contributed by atoms with E-state index < -0.39 is 0 Å². The minimum absolute atomic E-state index is 0.375. The molecule has 0 amide bonds. The molecule has 1 aliphatic heterocycles. The summed E-state index contributed by atoms with van der Waals surface area (Å²) in [6, 6.07) is 0. The van der Waals surface area contributed by atoms with Crippen LogP contribution in [0.4, 0.5) is 0 Å². The van der Waals surface area contributed by atoms with Gasteiger partial charge >= 0.3 is 0 Å². The van der Waals surface area contributed by atoms with Crippen molar-refractivity contribution in [1.29, 1.82) is 0 Å². The Bertz CT molecular complexity index is 99.1. The molecule has 0 unspecified atom stereocenters. The van der Waals surface area contributed by atoms with E-state index in [1.807, 2.05) is 13.8 Å². The number of ether oxygens (including phenoxy) is 2. The van der Waals surface area contributed by atoms with Crippen molar-refractivity contribution in [1.82, 2.24) is 0 Å². The summed E-state index contributed by atoms with van der Waals surface area (Å²) in [5.41, 5.74) is 0. The Labute approximate surface area is 49.1 Å². The molecule has 8 heavy (non-hydrogen) atoms. The van der Waals surface area contributed by atoms with Crippen molar-refractivity contribution in [2.75, 3.05) is 0 Å². The minimum atomic E-state index is -0.375. The van der Waals surface area contributed by atoms with Crippen LogP contribution in [0, 0.1) is 0 Å². The Balaban J connectivity index is 2.46. The Morgan fingerprint density at radius 2 is 1.88 bits per heavy atom. The van der Waals surface area contributed by atoms with Crippen LogP contribution >= 0.6 is 0 Å². The summed E-state index contributed by atoms with van der Waals surface area (Å²) >= 11 is 0. The summed E-state index contributed by atoms with van der Waals surface area (Å²) in [7, 11) is 0. The van der Waals surface area contributed by atoms with Crippen molar-refractivity contribution in [2.24, 2.45) is 0 Å². The second kappa shape index (κ2) is 1.69. The topological polar surface area (TPSA) is 18.5 Å².